The van der Waals surface area contributed by atoms with Crippen LogP contribution in [0.1, 0.15) is 6.42 Å². The Balaban J connectivity index is 2.17. The summed E-state index contributed by atoms with van der Waals surface area (Å²) in [7, 11) is 2.05. The molecule has 1 fully saturated rings. The Labute approximate surface area is 78.0 Å². The molecule has 0 aromatic carbocycles. The molecule has 0 spiro atoms. The third-order valence-electron chi connectivity index (χ3n) is 1.93. The fourth-order valence-corrected chi connectivity index (χ4v) is 1.65. The molecule has 1 saturated carbocycles. The SMILES string of the molecule is C=CCN(C)CC1CC1(Cl)Cl. The number of nitrogens with zero attached hydrogens (tertiary/aromatic N) is 1. The highest BCUT2D eigenvalue weighted by molar-refractivity contribution is 6.50. The lowest BCUT2D eigenvalue weighted by Crippen LogP contribution is -2.22. The van der Waals surface area contributed by atoms with Crippen molar-refractivity contribution in [3.8, 4) is 0 Å². The van der Waals surface area contributed by atoms with Crippen LogP contribution in [0.5, 0.6) is 0 Å². The van der Waals surface area contributed by atoms with Gasteiger partial charge >= 0.3 is 0 Å². The van der Waals surface area contributed by atoms with Crippen molar-refractivity contribution in [1.29, 1.82) is 0 Å². The lowest BCUT2D eigenvalue weighted by molar-refractivity contribution is 0.353. The van der Waals surface area contributed by atoms with Gasteiger partial charge in [0.15, 0.2) is 0 Å². The van der Waals surface area contributed by atoms with E-state index in [-0.39, 0.29) is 0 Å². The predicted octanol–water partition coefficient (Wildman–Crippen LogP) is 2.30. The summed E-state index contributed by atoms with van der Waals surface area (Å²) >= 11 is 11.7. The molecule has 1 aliphatic carbocycles. The van der Waals surface area contributed by atoms with E-state index in [2.05, 4.69) is 11.5 Å². The first kappa shape index (κ1) is 9.37. The van der Waals surface area contributed by atoms with Crippen molar-refractivity contribution in [2.75, 3.05) is 20.1 Å². The smallest absolute Gasteiger partial charge is 0.122 e. The second-order valence-electron chi connectivity index (χ2n) is 3.17. The molecule has 0 radical (unpaired) electrons. The summed E-state index contributed by atoms with van der Waals surface area (Å²) in [6, 6.07) is 0. The van der Waals surface area contributed by atoms with Crippen molar-refractivity contribution in [2.45, 2.75) is 10.8 Å². The molecule has 3 heteroatoms. The van der Waals surface area contributed by atoms with E-state index in [1.165, 1.54) is 0 Å². The van der Waals surface area contributed by atoms with Gasteiger partial charge in [0.05, 0.1) is 0 Å². The summed E-state index contributed by atoms with van der Waals surface area (Å²) in [5, 5.41) is 0. The van der Waals surface area contributed by atoms with Crippen LogP contribution in [0.15, 0.2) is 12.7 Å². The minimum absolute atomic E-state index is 0.435. The third-order valence-corrected chi connectivity index (χ3v) is 2.85. The number of hydrogen-bond donors (Lipinski definition) is 0. The van der Waals surface area contributed by atoms with Crippen molar-refractivity contribution in [3.05, 3.63) is 12.7 Å². The molecule has 0 aromatic rings. The van der Waals surface area contributed by atoms with Gasteiger partial charge in [-0.05, 0) is 13.5 Å². The molecule has 1 rings (SSSR count). The van der Waals surface area contributed by atoms with E-state index in [1.807, 2.05) is 13.1 Å². The molecule has 1 atom stereocenters. The molecule has 0 bridgehead atoms. The van der Waals surface area contributed by atoms with Crippen LogP contribution in [0, 0.1) is 5.92 Å². The quantitative estimate of drug-likeness (QED) is 0.490. The van der Waals surface area contributed by atoms with Gasteiger partial charge in [-0.25, -0.2) is 0 Å². The van der Waals surface area contributed by atoms with Gasteiger partial charge in [0.1, 0.15) is 4.33 Å². The van der Waals surface area contributed by atoms with Crippen LogP contribution < -0.4 is 0 Å². The van der Waals surface area contributed by atoms with E-state index in [9.17, 15) is 0 Å². The van der Waals surface area contributed by atoms with Crippen molar-refractivity contribution in [1.82, 2.24) is 4.90 Å². The molecule has 11 heavy (non-hydrogen) atoms. The van der Waals surface area contributed by atoms with Crippen LogP contribution in [-0.4, -0.2) is 29.4 Å². The summed E-state index contributed by atoms with van der Waals surface area (Å²) in [5.41, 5.74) is 0. The minimum atomic E-state index is -0.435. The average Bonchev–Trinajstić information content (AvgIpc) is 2.39. The monoisotopic (exact) mass is 193 g/mol. The van der Waals surface area contributed by atoms with Gasteiger partial charge in [0, 0.05) is 19.0 Å². The molecule has 0 aromatic heterocycles. The van der Waals surface area contributed by atoms with Crippen molar-refractivity contribution in [2.24, 2.45) is 5.92 Å². The van der Waals surface area contributed by atoms with Crippen LogP contribution in [0.4, 0.5) is 0 Å². The van der Waals surface area contributed by atoms with Crippen LogP contribution >= 0.6 is 23.2 Å². The lowest BCUT2D eigenvalue weighted by Gasteiger charge is -2.13. The number of likely N-dealkylation sites (N-methyl/N-ethyl adjacent to an activating group) is 1. The minimum Gasteiger partial charge on any atom is -0.302 e. The Kier molecular flexibility index (Phi) is 2.84. The molecular formula is C8H13Cl2N. The van der Waals surface area contributed by atoms with Crippen molar-refractivity contribution in [3.63, 3.8) is 0 Å². The topological polar surface area (TPSA) is 3.24 Å². The molecular weight excluding hydrogens is 181 g/mol. The van der Waals surface area contributed by atoms with E-state index in [0.29, 0.717) is 5.92 Å². The number of rotatable bonds is 4. The summed E-state index contributed by atoms with van der Waals surface area (Å²) in [4.78, 5) is 2.17. The molecule has 1 nitrogen and oxygen atoms in total. The maximum Gasteiger partial charge on any atom is 0.122 e. The van der Waals surface area contributed by atoms with E-state index in [1.54, 1.807) is 0 Å². The summed E-state index contributed by atoms with van der Waals surface area (Å²) < 4.78 is -0.435. The third kappa shape index (κ3) is 2.66. The standard InChI is InChI=1S/C8H13Cl2N/c1-3-4-11(2)6-7-5-8(7,9)10/h3,7H,1,4-6H2,2H3. The molecule has 1 unspecified atom stereocenters. The normalized spacial score (nSPS) is 27.1. The van der Waals surface area contributed by atoms with Crippen molar-refractivity contribution < 1.29 is 0 Å². The van der Waals surface area contributed by atoms with Gasteiger partial charge in [-0.3, -0.25) is 0 Å². The molecule has 0 saturated heterocycles. The first-order chi connectivity index (χ1) is 5.06. The van der Waals surface area contributed by atoms with E-state index in [0.717, 1.165) is 19.5 Å². The summed E-state index contributed by atoms with van der Waals surface area (Å²) in [6.45, 7) is 5.53. The van der Waals surface area contributed by atoms with Gasteiger partial charge in [0.2, 0.25) is 0 Å². The van der Waals surface area contributed by atoms with E-state index in [4.69, 9.17) is 23.2 Å². The highest BCUT2D eigenvalue weighted by atomic mass is 35.5. The molecule has 0 heterocycles. The Morgan fingerprint density at radius 3 is 2.64 bits per heavy atom. The second kappa shape index (κ2) is 3.34. The number of alkyl halides is 2. The van der Waals surface area contributed by atoms with Crippen LogP contribution in [-0.2, 0) is 0 Å². The average molecular weight is 194 g/mol. The molecule has 1 aliphatic rings. The molecule has 64 valence electrons. The van der Waals surface area contributed by atoms with Crippen LogP contribution in [0.3, 0.4) is 0 Å². The predicted molar refractivity (Wildman–Crippen MR) is 50.2 cm³/mol. The Hall–Kier alpha value is 0.280. The van der Waals surface area contributed by atoms with Crippen molar-refractivity contribution >= 4 is 23.2 Å². The fraction of sp³-hybridized carbons (Fsp3) is 0.750. The van der Waals surface area contributed by atoms with Gasteiger partial charge in [-0.1, -0.05) is 6.08 Å². The number of hydrogen-bond acceptors (Lipinski definition) is 1. The largest absolute Gasteiger partial charge is 0.302 e. The second-order valence-corrected chi connectivity index (χ2v) is 4.71. The maximum atomic E-state index is 5.86. The van der Waals surface area contributed by atoms with Crippen LogP contribution in [0.25, 0.3) is 0 Å². The van der Waals surface area contributed by atoms with Gasteiger partial charge in [-0.2, -0.15) is 0 Å². The van der Waals surface area contributed by atoms with E-state index < -0.39 is 4.33 Å². The highest BCUT2D eigenvalue weighted by Gasteiger charge is 2.51. The van der Waals surface area contributed by atoms with Crippen LogP contribution in [0.2, 0.25) is 0 Å². The summed E-state index contributed by atoms with van der Waals surface area (Å²) in [5.74, 6) is 0.454. The maximum absolute atomic E-state index is 5.86. The zero-order chi connectivity index (χ0) is 8.48. The first-order valence-corrected chi connectivity index (χ1v) is 4.49. The van der Waals surface area contributed by atoms with Gasteiger partial charge in [0.25, 0.3) is 0 Å². The van der Waals surface area contributed by atoms with Gasteiger partial charge < -0.3 is 4.90 Å². The number of halogens is 2. The van der Waals surface area contributed by atoms with Gasteiger partial charge in [-0.15, -0.1) is 29.8 Å². The highest BCUT2D eigenvalue weighted by Crippen LogP contribution is 2.53. The first-order valence-electron chi connectivity index (χ1n) is 3.73. The zero-order valence-electron chi connectivity index (χ0n) is 6.69. The van der Waals surface area contributed by atoms with E-state index >= 15 is 0 Å². The fourth-order valence-electron chi connectivity index (χ4n) is 1.14. The zero-order valence-corrected chi connectivity index (χ0v) is 8.20. The Morgan fingerprint density at radius 1 is 1.73 bits per heavy atom. The Bertz CT molecular complexity index is 156. The molecule has 0 N–H and O–H groups in total. The molecule has 0 aliphatic heterocycles. The summed E-state index contributed by atoms with van der Waals surface area (Å²) in [6.07, 6.45) is 2.81. The Morgan fingerprint density at radius 2 is 2.27 bits per heavy atom. The molecule has 0 amide bonds. The lowest BCUT2D eigenvalue weighted by atomic mass is 10.4.